The Labute approximate surface area is 210 Å². The first kappa shape index (κ1) is 23.0. The number of amides is 1. The summed E-state index contributed by atoms with van der Waals surface area (Å²) in [6.45, 7) is 5.29. The van der Waals surface area contributed by atoms with E-state index in [4.69, 9.17) is 21.4 Å². The van der Waals surface area contributed by atoms with E-state index >= 15 is 0 Å². The highest BCUT2D eigenvalue weighted by Crippen LogP contribution is 2.29. The second-order valence-electron chi connectivity index (χ2n) is 8.35. The van der Waals surface area contributed by atoms with Gasteiger partial charge in [-0.3, -0.25) is 4.79 Å². The van der Waals surface area contributed by atoms with Crippen LogP contribution in [0.15, 0.2) is 84.9 Å². The zero-order chi connectivity index (χ0) is 24.2. The van der Waals surface area contributed by atoms with Crippen LogP contribution in [0.5, 0.6) is 5.75 Å². The summed E-state index contributed by atoms with van der Waals surface area (Å²) in [5, 5.41) is 5.38. The molecule has 35 heavy (non-hydrogen) atoms. The van der Waals surface area contributed by atoms with Gasteiger partial charge in [0.25, 0.3) is 5.91 Å². The highest BCUT2D eigenvalue weighted by atomic mass is 35.5. The Hall–Kier alpha value is -3.77. The van der Waals surface area contributed by atoms with Gasteiger partial charge in [-0.15, -0.1) is 0 Å². The molecule has 0 aliphatic carbocycles. The highest BCUT2D eigenvalue weighted by Gasteiger charge is 2.27. The first-order valence-corrected chi connectivity index (χ1v) is 12.2. The zero-order valence-electron chi connectivity index (χ0n) is 19.6. The van der Waals surface area contributed by atoms with Gasteiger partial charge in [-0.05, 0) is 43.3 Å². The maximum atomic E-state index is 13.7. The second-order valence-corrected chi connectivity index (χ2v) is 8.79. The van der Waals surface area contributed by atoms with E-state index in [1.165, 1.54) is 0 Å². The number of rotatable bonds is 6. The molecule has 0 bridgehead atoms. The Morgan fingerprint density at radius 1 is 0.914 bits per heavy atom. The summed E-state index contributed by atoms with van der Waals surface area (Å²) in [6.07, 6.45) is 0. The van der Waals surface area contributed by atoms with Crippen molar-refractivity contribution in [3.63, 3.8) is 0 Å². The number of para-hydroxylation sites is 2. The number of halogens is 1. The first-order valence-electron chi connectivity index (χ1n) is 11.8. The molecule has 4 aromatic rings. The highest BCUT2D eigenvalue weighted by molar-refractivity contribution is 6.30. The number of nitrogens with zero attached hydrogens (tertiary/aromatic N) is 4. The molecule has 0 N–H and O–H groups in total. The van der Waals surface area contributed by atoms with Crippen molar-refractivity contribution in [1.82, 2.24) is 14.7 Å². The SMILES string of the molecule is CCOc1ccccc1N1CCN(C(=O)c2cc(-c3ccccc3)nn2-c2cccc(Cl)c2)CC1. The lowest BCUT2D eigenvalue weighted by Crippen LogP contribution is -2.49. The lowest BCUT2D eigenvalue weighted by molar-refractivity contribution is 0.0737. The smallest absolute Gasteiger partial charge is 0.272 e. The molecule has 1 aromatic heterocycles. The standard InChI is InChI=1S/C28H27ClN4O2/c1-2-35-27-14-7-6-13-25(27)31-15-17-32(18-16-31)28(34)26-20-24(21-9-4-3-5-10-21)30-33(26)23-12-8-11-22(29)19-23/h3-14,19-20H,2,15-18H2,1H3. The van der Waals surface area contributed by atoms with Crippen LogP contribution in [0.2, 0.25) is 5.02 Å². The fourth-order valence-electron chi connectivity index (χ4n) is 4.40. The van der Waals surface area contributed by atoms with Crippen molar-refractivity contribution in [2.75, 3.05) is 37.7 Å². The summed E-state index contributed by atoms with van der Waals surface area (Å²) >= 11 is 6.26. The average Bonchev–Trinajstić information content (AvgIpc) is 3.35. The lowest BCUT2D eigenvalue weighted by atomic mass is 10.1. The van der Waals surface area contributed by atoms with E-state index in [-0.39, 0.29) is 5.91 Å². The van der Waals surface area contributed by atoms with E-state index in [2.05, 4.69) is 11.0 Å². The van der Waals surface area contributed by atoms with Crippen molar-refractivity contribution in [3.05, 3.63) is 95.6 Å². The third-order valence-electron chi connectivity index (χ3n) is 6.12. The first-order chi connectivity index (χ1) is 17.1. The maximum absolute atomic E-state index is 13.7. The molecule has 1 fully saturated rings. The van der Waals surface area contributed by atoms with E-state index in [0.717, 1.165) is 41.5 Å². The largest absolute Gasteiger partial charge is 0.492 e. The molecule has 178 valence electrons. The normalized spacial score (nSPS) is 13.7. The number of benzene rings is 3. The molecular weight excluding hydrogens is 460 g/mol. The number of anilines is 1. The number of aromatic nitrogens is 2. The van der Waals surface area contributed by atoms with Gasteiger partial charge < -0.3 is 14.5 Å². The van der Waals surface area contributed by atoms with E-state index < -0.39 is 0 Å². The quantitative estimate of drug-likeness (QED) is 0.358. The average molecular weight is 487 g/mol. The molecule has 0 atom stereocenters. The van der Waals surface area contributed by atoms with Crippen molar-refractivity contribution >= 4 is 23.2 Å². The Morgan fingerprint density at radius 3 is 2.40 bits per heavy atom. The van der Waals surface area contributed by atoms with Crippen LogP contribution in [-0.4, -0.2) is 53.4 Å². The summed E-state index contributed by atoms with van der Waals surface area (Å²) < 4.78 is 7.51. The fraction of sp³-hybridized carbons (Fsp3) is 0.214. The molecular formula is C28H27ClN4O2. The topological polar surface area (TPSA) is 50.6 Å². The number of piperazine rings is 1. The number of hydrogen-bond acceptors (Lipinski definition) is 4. The molecule has 3 aromatic carbocycles. The van der Waals surface area contributed by atoms with Crippen molar-refractivity contribution in [2.24, 2.45) is 0 Å². The Morgan fingerprint density at radius 2 is 1.66 bits per heavy atom. The van der Waals surface area contributed by atoms with Crippen LogP contribution in [0, 0.1) is 0 Å². The predicted octanol–water partition coefficient (Wildman–Crippen LogP) is 5.55. The maximum Gasteiger partial charge on any atom is 0.272 e. The van der Waals surface area contributed by atoms with Crippen LogP contribution in [0.3, 0.4) is 0 Å². The summed E-state index contributed by atoms with van der Waals surface area (Å²) in [5.74, 6) is 0.832. The van der Waals surface area contributed by atoms with Crippen LogP contribution >= 0.6 is 11.6 Å². The van der Waals surface area contributed by atoms with E-state index in [9.17, 15) is 4.79 Å². The molecule has 1 amide bonds. The third kappa shape index (κ3) is 4.88. The van der Waals surface area contributed by atoms with Gasteiger partial charge in [0.05, 0.1) is 23.7 Å². The minimum absolute atomic E-state index is 0.0441. The summed E-state index contributed by atoms with van der Waals surface area (Å²) in [7, 11) is 0. The predicted molar refractivity (Wildman–Crippen MR) is 140 cm³/mol. The molecule has 0 unspecified atom stereocenters. The third-order valence-corrected chi connectivity index (χ3v) is 6.36. The van der Waals surface area contributed by atoms with Gasteiger partial charge in [0.15, 0.2) is 0 Å². The number of carbonyl (C=O) groups excluding carboxylic acids is 1. The molecule has 7 heteroatoms. The molecule has 6 nitrogen and oxygen atoms in total. The molecule has 1 aliphatic heterocycles. The number of hydrogen-bond donors (Lipinski definition) is 0. The van der Waals surface area contributed by atoms with Gasteiger partial charge in [-0.1, -0.05) is 60.1 Å². The minimum atomic E-state index is -0.0441. The minimum Gasteiger partial charge on any atom is -0.492 e. The molecule has 1 aliphatic rings. The van der Waals surface area contributed by atoms with Gasteiger partial charge in [0, 0.05) is 36.8 Å². The summed E-state index contributed by atoms with van der Waals surface area (Å²) in [4.78, 5) is 17.9. The Bertz CT molecular complexity index is 1310. The second kappa shape index (κ2) is 10.2. The lowest BCUT2D eigenvalue weighted by Gasteiger charge is -2.36. The van der Waals surface area contributed by atoms with Gasteiger partial charge in [0.2, 0.25) is 0 Å². The van der Waals surface area contributed by atoms with Crippen molar-refractivity contribution in [2.45, 2.75) is 6.92 Å². The number of carbonyl (C=O) groups is 1. The summed E-state index contributed by atoms with van der Waals surface area (Å²) in [5.41, 5.74) is 4.05. The fourth-order valence-corrected chi connectivity index (χ4v) is 4.58. The van der Waals surface area contributed by atoms with Crippen LogP contribution in [0.1, 0.15) is 17.4 Å². The monoisotopic (exact) mass is 486 g/mol. The molecule has 5 rings (SSSR count). The molecule has 0 spiro atoms. The molecule has 0 radical (unpaired) electrons. The van der Waals surface area contributed by atoms with E-state index in [0.29, 0.717) is 30.4 Å². The Balaban J connectivity index is 1.41. The van der Waals surface area contributed by atoms with Crippen molar-refractivity contribution in [3.8, 4) is 22.7 Å². The van der Waals surface area contributed by atoms with Gasteiger partial charge in [-0.25, -0.2) is 4.68 Å². The van der Waals surface area contributed by atoms with Gasteiger partial charge >= 0.3 is 0 Å². The van der Waals surface area contributed by atoms with Crippen LogP contribution in [-0.2, 0) is 0 Å². The van der Waals surface area contributed by atoms with Gasteiger partial charge in [0.1, 0.15) is 11.4 Å². The molecule has 0 saturated carbocycles. The van der Waals surface area contributed by atoms with Crippen molar-refractivity contribution in [1.29, 1.82) is 0 Å². The van der Waals surface area contributed by atoms with Crippen LogP contribution < -0.4 is 9.64 Å². The van der Waals surface area contributed by atoms with Crippen LogP contribution in [0.4, 0.5) is 5.69 Å². The Kier molecular flexibility index (Phi) is 6.73. The zero-order valence-corrected chi connectivity index (χ0v) is 20.4. The van der Waals surface area contributed by atoms with Gasteiger partial charge in [-0.2, -0.15) is 5.10 Å². The van der Waals surface area contributed by atoms with Crippen LogP contribution in [0.25, 0.3) is 16.9 Å². The molecule has 2 heterocycles. The molecule has 1 saturated heterocycles. The van der Waals surface area contributed by atoms with Crippen molar-refractivity contribution < 1.29 is 9.53 Å². The number of ether oxygens (including phenoxy) is 1. The van der Waals surface area contributed by atoms with E-state index in [1.54, 1.807) is 4.68 Å². The summed E-state index contributed by atoms with van der Waals surface area (Å²) in [6, 6.07) is 27.2. The van der Waals surface area contributed by atoms with E-state index in [1.807, 2.05) is 90.7 Å².